The van der Waals surface area contributed by atoms with Gasteiger partial charge in [0.1, 0.15) is 0 Å². The van der Waals surface area contributed by atoms with E-state index in [1.165, 1.54) is 11.3 Å². The van der Waals surface area contributed by atoms with E-state index in [9.17, 15) is 9.90 Å². The molecule has 0 aliphatic carbocycles. The predicted octanol–water partition coefficient (Wildman–Crippen LogP) is 3.40. The van der Waals surface area contributed by atoms with Crippen LogP contribution in [-0.2, 0) is 11.2 Å². The van der Waals surface area contributed by atoms with Gasteiger partial charge >= 0.3 is 5.97 Å². The lowest BCUT2D eigenvalue weighted by molar-refractivity contribution is -0.142. The standard InChI is InChI=1S/C12H15ClN2O2S/c1-3-4-8(11(16)17)5-9-10(13)14-12-15(9)7(2)6-18-12/h6,8H,3-5H2,1-2H3,(H,16,17). The zero-order chi connectivity index (χ0) is 13.3. The number of aryl methyl sites for hydroxylation is 1. The number of carboxylic acids is 1. The lowest BCUT2D eigenvalue weighted by Gasteiger charge is -2.11. The third kappa shape index (κ3) is 2.37. The molecule has 18 heavy (non-hydrogen) atoms. The highest BCUT2D eigenvalue weighted by molar-refractivity contribution is 7.15. The molecule has 2 aromatic rings. The Morgan fingerprint density at radius 3 is 3.00 bits per heavy atom. The Morgan fingerprint density at radius 2 is 2.39 bits per heavy atom. The minimum atomic E-state index is -0.768. The topological polar surface area (TPSA) is 54.6 Å². The summed E-state index contributed by atoms with van der Waals surface area (Å²) in [5.41, 5.74) is 1.86. The monoisotopic (exact) mass is 286 g/mol. The molecule has 2 aromatic heterocycles. The largest absolute Gasteiger partial charge is 0.481 e. The highest BCUT2D eigenvalue weighted by atomic mass is 35.5. The third-order valence-corrected chi connectivity index (χ3v) is 4.25. The molecule has 0 aliphatic rings. The van der Waals surface area contributed by atoms with E-state index in [0.717, 1.165) is 22.8 Å². The van der Waals surface area contributed by atoms with Gasteiger partial charge in [0.2, 0.25) is 0 Å². The minimum Gasteiger partial charge on any atom is -0.481 e. The number of rotatable bonds is 5. The number of carboxylic acid groups (broad SMARTS) is 1. The second kappa shape index (κ2) is 5.28. The molecule has 0 bridgehead atoms. The summed E-state index contributed by atoms with van der Waals surface area (Å²) in [6, 6.07) is 0. The molecule has 0 fully saturated rings. The summed E-state index contributed by atoms with van der Waals surface area (Å²) in [7, 11) is 0. The van der Waals surface area contributed by atoms with Crippen LogP contribution >= 0.6 is 22.9 Å². The first-order valence-electron chi connectivity index (χ1n) is 5.88. The van der Waals surface area contributed by atoms with E-state index < -0.39 is 11.9 Å². The van der Waals surface area contributed by atoms with Gasteiger partial charge in [-0.15, -0.1) is 11.3 Å². The second-order valence-corrected chi connectivity index (χ2v) is 5.57. The van der Waals surface area contributed by atoms with Crippen LogP contribution < -0.4 is 0 Å². The summed E-state index contributed by atoms with van der Waals surface area (Å²) in [4.78, 5) is 16.3. The minimum absolute atomic E-state index is 0.397. The molecule has 2 heterocycles. The summed E-state index contributed by atoms with van der Waals surface area (Å²) in [6.45, 7) is 3.96. The number of nitrogens with zero attached hydrogens (tertiary/aromatic N) is 2. The summed E-state index contributed by atoms with van der Waals surface area (Å²) >= 11 is 7.63. The van der Waals surface area contributed by atoms with E-state index in [0.29, 0.717) is 18.0 Å². The molecule has 2 rings (SSSR count). The van der Waals surface area contributed by atoms with Crippen molar-refractivity contribution in [2.24, 2.45) is 5.92 Å². The summed E-state index contributed by atoms with van der Waals surface area (Å²) in [5, 5.41) is 11.6. The van der Waals surface area contributed by atoms with Gasteiger partial charge in [0.25, 0.3) is 0 Å². The molecule has 0 saturated carbocycles. The van der Waals surface area contributed by atoms with E-state index >= 15 is 0 Å². The summed E-state index contributed by atoms with van der Waals surface area (Å²) < 4.78 is 1.96. The van der Waals surface area contributed by atoms with Crippen molar-refractivity contribution in [1.29, 1.82) is 0 Å². The number of thiazole rings is 1. The van der Waals surface area contributed by atoms with Crippen molar-refractivity contribution in [3.8, 4) is 0 Å². The molecule has 4 nitrogen and oxygen atoms in total. The number of aromatic nitrogens is 2. The summed E-state index contributed by atoms with van der Waals surface area (Å²) in [6.07, 6.45) is 1.93. The van der Waals surface area contributed by atoms with Gasteiger partial charge in [0, 0.05) is 17.5 Å². The first-order valence-corrected chi connectivity index (χ1v) is 7.14. The van der Waals surface area contributed by atoms with Crippen molar-refractivity contribution < 1.29 is 9.90 Å². The summed E-state index contributed by atoms with van der Waals surface area (Å²) in [5.74, 6) is -1.16. The maximum atomic E-state index is 11.2. The fourth-order valence-electron chi connectivity index (χ4n) is 2.11. The zero-order valence-electron chi connectivity index (χ0n) is 10.3. The molecule has 0 radical (unpaired) electrons. The van der Waals surface area contributed by atoms with Crippen LogP contribution in [0.25, 0.3) is 4.96 Å². The smallest absolute Gasteiger partial charge is 0.306 e. The van der Waals surface area contributed by atoms with Crippen LogP contribution in [0.2, 0.25) is 5.15 Å². The highest BCUT2D eigenvalue weighted by Crippen LogP contribution is 2.27. The van der Waals surface area contributed by atoms with Gasteiger partial charge in [0.15, 0.2) is 10.1 Å². The molecular formula is C12H15ClN2O2S. The first kappa shape index (κ1) is 13.4. The van der Waals surface area contributed by atoms with Gasteiger partial charge in [-0.1, -0.05) is 24.9 Å². The number of fused-ring (bicyclic) bond motifs is 1. The molecule has 98 valence electrons. The Labute approximate surface area is 114 Å². The van der Waals surface area contributed by atoms with Crippen LogP contribution in [-0.4, -0.2) is 20.5 Å². The van der Waals surface area contributed by atoms with E-state index in [-0.39, 0.29) is 0 Å². The van der Waals surface area contributed by atoms with Crippen molar-refractivity contribution >= 4 is 33.9 Å². The molecule has 0 saturated heterocycles. The van der Waals surface area contributed by atoms with E-state index in [1.807, 2.05) is 23.6 Å². The molecule has 0 spiro atoms. The Bertz CT molecular complexity index is 576. The number of aliphatic carboxylic acids is 1. The third-order valence-electron chi connectivity index (χ3n) is 3.01. The molecule has 0 aliphatic heterocycles. The zero-order valence-corrected chi connectivity index (χ0v) is 11.9. The van der Waals surface area contributed by atoms with Crippen molar-refractivity contribution in [3.05, 3.63) is 21.9 Å². The average molecular weight is 287 g/mol. The Hall–Kier alpha value is -1.07. The van der Waals surface area contributed by atoms with E-state index in [1.54, 1.807) is 0 Å². The van der Waals surface area contributed by atoms with E-state index in [2.05, 4.69) is 4.98 Å². The van der Waals surface area contributed by atoms with Gasteiger partial charge < -0.3 is 5.11 Å². The normalized spacial score (nSPS) is 13.1. The number of hydrogen-bond acceptors (Lipinski definition) is 3. The first-order chi connectivity index (χ1) is 8.54. The van der Waals surface area contributed by atoms with Crippen LogP contribution in [0.1, 0.15) is 31.2 Å². The number of imidazole rings is 1. The number of hydrogen-bond donors (Lipinski definition) is 1. The SMILES string of the molecule is CCCC(Cc1c(Cl)nc2scc(C)n12)C(=O)O. The molecule has 1 unspecified atom stereocenters. The van der Waals surface area contributed by atoms with Gasteiger partial charge in [-0.05, 0) is 13.3 Å². The lowest BCUT2D eigenvalue weighted by Crippen LogP contribution is -2.17. The predicted molar refractivity (Wildman–Crippen MR) is 72.6 cm³/mol. The van der Waals surface area contributed by atoms with Crippen molar-refractivity contribution in [2.75, 3.05) is 0 Å². The molecule has 0 amide bonds. The lowest BCUT2D eigenvalue weighted by atomic mass is 9.98. The van der Waals surface area contributed by atoms with Gasteiger partial charge in [0.05, 0.1) is 11.6 Å². The van der Waals surface area contributed by atoms with Crippen LogP contribution in [0.15, 0.2) is 5.38 Å². The fraction of sp³-hybridized carbons (Fsp3) is 0.500. The number of halogens is 1. The van der Waals surface area contributed by atoms with Crippen LogP contribution in [0, 0.1) is 12.8 Å². The van der Waals surface area contributed by atoms with Gasteiger partial charge in [-0.2, -0.15) is 0 Å². The van der Waals surface area contributed by atoms with Gasteiger partial charge in [-0.25, -0.2) is 4.98 Å². The van der Waals surface area contributed by atoms with Crippen molar-refractivity contribution in [3.63, 3.8) is 0 Å². The number of carbonyl (C=O) groups is 1. The quantitative estimate of drug-likeness (QED) is 0.916. The highest BCUT2D eigenvalue weighted by Gasteiger charge is 2.22. The Morgan fingerprint density at radius 1 is 1.67 bits per heavy atom. The maximum Gasteiger partial charge on any atom is 0.306 e. The average Bonchev–Trinajstić information content (AvgIpc) is 2.80. The molecule has 0 aromatic carbocycles. The van der Waals surface area contributed by atoms with Crippen molar-refractivity contribution in [1.82, 2.24) is 9.38 Å². The van der Waals surface area contributed by atoms with Crippen molar-refractivity contribution in [2.45, 2.75) is 33.1 Å². The van der Waals surface area contributed by atoms with Crippen LogP contribution in [0.5, 0.6) is 0 Å². The molecule has 1 N–H and O–H groups in total. The Balaban J connectivity index is 2.37. The Kier molecular flexibility index (Phi) is 3.92. The fourth-order valence-corrected chi connectivity index (χ4v) is 3.29. The van der Waals surface area contributed by atoms with Crippen LogP contribution in [0.3, 0.4) is 0 Å². The van der Waals surface area contributed by atoms with Gasteiger partial charge in [-0.3, -0.25) is 9.20 Å². The molecular weight excluding hydrogens is 272 g/mol. The van der Waals surface area contributed by atoms with E-state index in [4.69, 9.17) is 11.6 Å². The second-order valence-electron chi connectivity index (χ2n) is 4.37. The molecule has 6 heteroatoms. The van der Waals surface area contributed by atoms with Crippen LogP contribution in [0.4, 0.5) is 0 Å². The maximum absolute atomic E-state index is 11.2. The molecule has 1 atom stereocenters.